The minimum Gasteiger partial charge on any atom is -0.459 e. The molecule has 0 radical (unpaired) electrons. The lowest BCUT2D eigenvalue weighted by Gasteiger charge is -2.40. The van der Waals surface area contributed by atoms with Crippen molar-refractivity contribution >= 4 is 29.2 Å². The number of hydrogen-bond donors (Lipinski definition) is 1. The van der Waals surface area contributed by atoms with E-state index in [1.165, 1.54) is 17.3 Å². The monoisotopic (exact) mass is 446 g/mol. The molecule has 1 aromatic heterocycles. The molecule has 1 amide bonds. The first-order chi connectivity index (χ1) is 15.1. The quantitative estimate of drug-likeness (QED) is 0.641. The van der Waals surface area contributed by atoms with Gasteiger partial charge in [0.25, 0.3) is 0 Å². The minimum absolute atomic E-state index is 0.0240. The van der Waals surface area contributed by atoms with E-state index in [-0.39, 0.29) is 31.1 Å². The SMILES string of the molecule is O=C(Cn1cncn1)NCC(=O)OC1CCCC1N1CCN(c2cccc(Cl)c2)CC1. The fourth-order valence-electron chi connectivity index (χ4n) is 4.34. The number of nitrogens with zero attached hydrogens (tertiary/aromatic N) is 5. The van der Waals surface area contributed by atoms with Crippen LogP contribution in [-0.4, -0.2) is 76.4 Å². The van der Waals surface area contributed by atoms with Gasteiger partial charge in [0.05, 0.1) is 0 Å². The predicted molar refractivity (Wildman–Crippen MR) is 116 cm³/mol. The molecule has 1 aromatic carbocycles. The van der Waals surface area contributed by atoms with Crippen LogP contribution in [0, 0.1) is 0 Å². The van der Waals surface area contributed by atoms with Gasteiger partial charge in [-0.1, -0.05) is 17.7 Å². The highest BCUT2D eigenvalue weighted by molar-refractivity contribution is 6.30. The zero-order chi connectivity index (χ0) is 21.6. The molecule has 1 aliphatic heterocycles. The van der Waals surface area contributed by atoms with E-state index in [1.54, 1.807) is 0 Å². The van der Waals surface area contributed by atoms with Crippen molar-refractivity contribution in [3.8, 4) is 0 Å². The Morgan fingerprint density at radius 1 is 1.19 bits per heavy atom. The maximum absolute atomic E-state index is 12.3. The molecule has 2 aromatic rings. The van der Waals surface area contributed by atoms with Crippen molar-refractivity contribution < 1.29 is 14.3 Å². The number of aromatic nitrogens is 3. The van der Waals surface area contributed by atoms with Gasteiger partial charge in [0.15, 0.2) is 0 Å². The number of anilines is 1. The van der Waals surface area contributed by atoms with Gasteiger partial charge in [-0.25, -0.2) is 9.67 Å². The summed E-state index contributed by atoms with van der Waals surface area (Å²) in [6, 6.07) is 8.17. The summed E-state index contributed by atoms with van der Waals surface area (Å²) < 4.78 is 7.13. The first-order valence-corrected chi connectivity index (χ1v) is 11.0. The van der Waals surface area contributed by atoms with E-state index in [1.807, 2.05) is 18.2 Å². The van der Waals surface area contributed by atoms with Crippen LogP contribution in [0.4, 0.5) is 5.69 Å². The molecule has 1 aliphatic carbocycles. The predicted octanol–water partition coefficient (Wildman–Crippen LogP) is 1.33. The summed E-state index contributed by atoms with van der Waals surface area (Å²) >= 11 is 6.13. The molecule has 1 saturated heterocycles. The van der Waals surface area contributed by atoms with Crippen LogP contribution < -0.4 is 10.2 Å². The minimum atomic E-state index is -0.401. The Kier molecular flexibility index (Phi) is 7.03. The molecule has 2 aliphatic rings. The molecule has 166 valence electrons. The van der Waals surface area contributed by atoms with Crippen molar-refractivity contribution in [1.82, 2.24) is 25.0 Å². The molecule has 2 atom stereocenters. The molecule has 0 bridgehead atoms. The van der Waals surface area contributed by atoms with E-state index in [0.717, 1.165) is 56.2 Å². The number of halogens is 1. The van der Waals surface area contributed by atoms with Gasteiger partial charge in [-0.3, -0.25) is 14.5 Å². The maximum Gasteiger partial charge on any atom is 0.325 e. The Bertz CT molecular complexity index is 885. The summed E-state index contributed by atoms with van der Waals surface area (Å²) in [5, 5.41) is 7.20. The van der Waals surface area contributed by atoms with Crippen LogP contribution in [0.15, 0.2) is 36.9 Å². The summed E-state index contributed by atoms with van der Waals surface area (Å²) in [5.74, 6) is -0.705. The lowest BCUT2D eigenvalue weighted by atomic mass is 10.1. The summed E-state index contributed by atoms with van der Waals surface area (Å²) in [6.07, 6.45) is 5.60. The largest absolute Gasteiger partial charge is 0.459 e. The number of carbonyl (C=O) groups is 2. The van der Waals surface area contributed by atoms with Gasteiger partial charge in [0, 0.05) is 42.9 Å². The maximum atomic E-state index is 12.3. The van der Waals surface area contributed by atoms with E-state index in [4.69, 9.17) is 16.3 Å². The second-order valence-electron chi connectivity index (χ2n) is 7.90. The fourth-order valence-corrected chi connectivity index (χ4v) is 4.53. The summed E-state index contributed by atoms with van der Waals surface area (Å²) in [4.78, 5) is 32.7. The Morgan fingerprint density at radius 3 is 2.77 bits per heavy atom. The number of ether oxygens (including phenoxy) is 1. The van der Waals surface area contributed by atoms with Gasteiger partial charge in [0.1, 0.15) is 31.8 Å². The standard InChI is InChI=1S/C21H27ClN6O3/c22-16-3-1-4-17(11-16)26-7-9-27(10-8-26)18-5-2-6-19(18)31-21(30)12-24-20(29)13-28-15-23-14-25-28/h1,3-4,11,14-15,18-19H,2,5-10,12-13H2,(H,24,29). The van der Waals surface area contributed by atoms with Crippen molar-refractivity contribution in [3.05, 3.63) is 41.9 Å². The third-order valence-electron chi connectivity index (χ3n) is 5.86. The molecular weight excluding hydrogens is 420 g/mol. The molecule has 2 unspecified atom stereocenters. The van der Waals surface area contributed by atoms with Crippen LogP contribution in [0.3, 0.4) is 0 Å². The second-order valence-corrected chi connectivity index (χ2v) is 8.34. The molecule has 2 fully saturated rings. The van der Waals surface area contributed by atoms with Crippen molar-refractivity contribution in [2.75, 3.05) is 37.6 Å². The topological polar surface area (TPSA) is 92.6 Å². The van der Waals surface area contributed by atoms with Gasteiger partial charge in [-0.15, -0.1) is 0 Å². The zero-order valence-electron chi connectivity index (χ0n) is 17.3. The van der Waals surface area contributed by atoms with Gasteiger partial charge >= 0.3 is 5.97 Å². The number of nitrogens with one attached hydrogen (secondary N) is 1. The highest BCUT2D eigenvalue weighted by atomic mass is 35.5. The lowest BCUT2D eigenvalue weighted by Crippen LogP contribution is -2.53. The third kappa shape index (κ3) is 5.74. The first-order valence-electron chi connectivity index (χ1n) is 10.6. The third-order valence-corrected chi connectivity index (χ3v) is 6.09. The van der Waals surface area contributed by atoms with Gasteiger partial charge < -0.3 is 15.0 Å². The average Bonchev–Trinajstić information content (AvgIpc) is 3.45. The Balaban J connectivity index is 1.22. The number of benzene rings is 1. The molecule has 2 heterocycles. The first kappa shape index (κ1) is 21.6. The molecule has 4 rings (SSSR count). The zero-order valence-corrected chi connectivity index (χ0v) is 18.1. The Hall–Kier alpha value is -2.65. The van der Waals surface area contributed by atoms with Gasteiger partial charge in [-0.05, 0) is 37.5 Å². The van der Waals surface area contributed by atoms with Crippen molar-refractivity contribution in [3.63, 3.8) is 0 Å². The van der Waals surface area contributed by atoms with Crippen LogP contribution in [0.25, 0.3) is 0 Å². The highest BCUT2D eigenvalue weighted by Crippen LogP contribution is 2.29. The molecule has 10 heteroatoms. The number of rotatable bonds is 7. The Labute approximate surface area is 186 Å². The van der Waals surface area contributed by atoms with E-state index >= 15 is 0 Å². The lowest BCUT2D eigenvalue weighted by molar-refractivity contribution is -0.151. The molecular formula is C21H27ClN6O3. The van der Waals surface area contributed by atoms with E-state index < -0.39 is 5.97 Å². The highest BCUT2D eigenvalue weighted by Gasteiger charge is 2.36. The normalized spacial score (nSPS) is 21.8. The molecule has 0 spiro atoms. The van der Waals surface area contributed by atoms with Crippen molar-refractivity contribution in [2.24, 2.45) is 0 Å². The number of amides is 1. The van der Waals surface area contributed by atoms with Crippen LogP contribution in [-0.2, 0) is 20.9 Å². The Morgan fingerprint density at radius 2 is 2.03 bits per heavy atom. The van der Waals surface area contributed by atoms with E-state index in [9.17, 15) is 9.59 Å². The summed E-state index contributed by atoms with van der Waals surface area (Å²) in [5.41, 5.74) is 1.14. The summed E-state index contributed by atoms with van der Waals surface area (Å²) in [6.45, 7) is 3.54. The number of piperazine rings is 1. The van der Waals surface area contributed by atoms with Crippen molar-refractivity contribution in [2.45, 2.75) is 38.0 Å². The molecule has 31 heavy (non-hydrogen) atoms. The smallest absolute Gasteiger partial charge is 0.325 e. The summed E-state index contributed by atoms with van der Waals surface area (Å²) in [7, 11) is 0. The fraction of sp³-hybridized carbons (Fsp3) is 0.524. The van der Waals surface area contributed by atoms with E-state index in [2.05, 4.69) is 31.3 Å². The second kappa shape index (κ2) is 10.1. The van der Waals surface area contributed by atoms with Gasteiger partial charge in [0.2, 0.25) is 5.91 Å². The van der Waals surface area contributed by atoms with Gasteiger partial charge in [-0.2, -0.15) is 5.10 Å². The number of carbonyl (C=O) groups excluding carboxylic acids is 2. The molecule has 9 nitrogen and oxygen atoms in total. The molecule has 1 saturated carbocycles. The number of esters is 1. The van der Waals surface area contributed by atoms with Crippen LogP contribution in [0.2, 0.25) is 5.02 Å². The number of hydrogen-bond acceptors (Lipinski definition) is 7. The van der Waals surface area contributed by atoms with Crippen LogP contribution >= 0.6 is 11.6 Å². The van der Waals surface area contributed by atoms with E-state index in [0.29, 0.717) is 0 Å². The van der Waals surface area contributed by atoms with Crippen molar-refractivity contribution in [1.29, 1.82) is 0 Å². The van der Waals surface area contributed by atoms with Crippen LogP contribution in [0.1, 0.15) is 19.3 Å². The van der Waals surface area contributed by atoms with Crippen LogP contribution in [0.5, 0.6) is 0 Å². The average molecular weight is 447 g/mol. The molecule has 1 N–H and O–H groups in total.